The van der Waals surface area contributed by atoms with Crippen LogP contribution in [0, 0.1) is 5.41 Å². The maximum Gasteiger partial charge on any atom is 0.104 e. The van der Waals surface area contributed by atoms with Crippen molar-refractivity contribution < 1.29 is 42.6 Å². The van der Waals surface area contributed by atoms with Gasteiger partial charge in [-0.1, -0.05) is 118 Å². The second kappa shape index (κ2) is 81.6. The van der Waals surface area contributed by atoms with Gasteiger partial charge in [-0.3, -0.25) is 0 Å². The predicted molar refractivity (Wildman–Crippen MR) is 332 cm³/mol. The van der Waals surface area contributed by atoms with Crippen LogP contribution >= 0.6 is 0 Å². The quantitative estimate of drug-likeness (QED) is 0.0286. The number of nitrogens with two attached hydrogens (primary N) is 9. The summed E-state index contributed by atoms with van der Waals surface area (Å²) in [5.41, 5.74) is 50.7. The molecule has 72 heavy (non-hydrogen) atoms. The minimum Gasteiger partial charge on any atom is -0.379 e. The SMILES string of the molecule is C.C.C.C.C.C.C.C.C.C.C.C.C.C.C.CC(N)COCC(COCC(C)N)OCC(C)N.CC(N)COCC(COCC(C)N)OCC(C)N.CCC(COCC(C)N)(COCC(C)N)COCC(C)N. The number of hydrogen-bond acceptors (Lipinski definition) is 18. The fourth-order valence-electron chi connectivity index (χ4n) is 4.22. The second-order valence-corrected chi connectivity index (χ2v) is 16.3. The van der Waals surface area contributed by atoms with Crippen molar-refractivity contribution in [3.05, 3.63) is 0 Å². The van der Waals surface area contributed by atoms with E-state index in [0.717, 1.165) is 6.42 Å². The zero-order chi connectivity index (χ0) is 44.2. The Balaban J connectivity index is -0.0000000345. The third-order valence-corrected chi connectivity index (χ3v) is 7.04. The van der Waals surface area contributed by atoms with E-state index in [2.05, 4.69) is 6.92 Å². The normalized spacial score (nSPS) is 14.7. The topological polar surface area (TPSA) is 317 Å². The summed E-state index contributed by atoms with van der Waals surface area (Å²) in [4.78, 5) is 0. The summed E-state index contributed by atoms with van der Waals surface area (Å²) in [5, 5.41) is 0. The summed E-state index contributed by atoms with van der Waals surface area (Å²) < 4.78 is 50.2. The van der Waals surface area contributed by atoms with E-state index in [1.54, 1.807) is 0 Å². The van der Waals surface area contributed by atoms with Gasteiger partial charge in [0, 0.05) is 59.8 Å². The highest BCUT2D eigenvalue weighted by atomic mass is 16.6. The molecule has 0 spiro atoms. The third-order valence-electron chi connectivity index (χ3n) is 7.04. The summed E-state index contributed by atoms with van der Waals surface area (Å²) in [7, 11) is 0. The van der Waals surface area contributed by atoms with Gasteiger partial charge in [0.25, 0.3) is 0 Å². The Kier molecular flexibility index (Phi) is 141. The van der Waals surface area contributed by atoms with Crippen LogP contribution in [0.5, 0.6) is 0 Å². The molecule has 0 aliphatic heterocycles. The molecule has 0 aliphatic rings. The van der Waals surface area contributed by atoms with Crippen molar-refractivity contribution in [1.29, 1.82) is 0 Å². The van der Waals surface area contributed by atoms with Crippen LogP contribution in [0.4, 0.5) is 0 Å². The van der Waals surface area contributed by atoms with E-state index in [0.29, 0.717) is 106 Å². The van der Waals surface area contributed by atoms with Crippen LogP contribution in [0.25, 0.3) is 0 Å². The lowest BCUT2D eigenvalue weighted by molar-refractivity contribution is -0.0750. The molecule has 0 fully saturated rings. The van der Waals surface area contributed by atoms with Gasteiger partial charge in [-0.15, -0.1) is 0 Å². The van der Waals surface area contributed by atoms with Crippen LogP contribution in [0.3, 0.4) is 0 Å². The smallest absolute Gasteiger partial charge is 0.104 e. The molecule has 9 unspecified atom stereocenters. The van der Waals surface area contributed by atoms with Gasteiger partial charge >= 0.3 is 0 Å². The molecule has 0 aromatic heterocycles. The average Bonchev–Trinajstić information content (AvgIpc) is 3.08. The van der Waals surface area contributed by atoms with Crippen LogP contribution < -0.4 is 51.6 Å². The Hall–Kier alpha value is -0.720. The Bertz CT molecular complexity index is 735. The molecule has 0 aromatic rings. The first-order valence-corrected chi connectivity index (χ1v) is 20.7. The monoisotopic (exact) mass is 1070 g/mol. The van der Waals surface area contributed by atoms with E-state index >= 15 is 0 Å². The van der Waals surface area contributed by atoms with Gasteiger partial charge in [-0.2, -0.15) is 0 Å². The van der Waals surface area contributed by atoms with E-state index in [4.69, 9.17) is 94.2 Å². The summed E-state index contributed by atoms with van der Waals surface area (Å²) in [6, 6.07) is 0.128. The molecule has 18 nitrogen and oxygen atoms in total. The van der Waals surface area contributed by atoms with Crippen LogP contribution in [-0.4, -0.2) is 172 Å². The van der Waals surface area contributed by atoms with Crippen LogP contribution in [0.15, 0.2) is 0 Å². The molecule has 0 saturated carbocycles. The summed E-state index contributed by atoms with van der Waals surface area (Å²) >= 11 is 0. The van der Waals surface area contributed by atoms with Crippen LogP contribution in [0.2, 0.25) is 0 Å². The fourth-order valence-corrected chi connectivity index (χ4v) is 4.22. The lowest BCUT2D eigenvalue weighted by Gasteiger charge is -2.33. The summed E-state index contributed by atoms with van der Waals surface area (Å²) in [6.45, 7) is 27.3. The highest BCUT2D eigenvalue weighted by Gasteiger charge is 2.30. The highest BCUT2D eigenvalue weighted by molar-refractivity contribution is 4.79. The zero-order valence-electron chi connectivity index (χ0n) is 37.7. The Morgan fingerprint density at radius 3 is 0.542 bits per heavy atom. The molecule has 0 saturated heterocycles. The van der Waals surface area contributed by atoms with E-state index in [1.165, 1.54) is 0 Å². The first-order valence-electron chi connectivity index (χ1n) is 20.7. The number of ether oxygens (including phenoxy) is 9. The van der Waals surface area contributed by atoms with Gasteiger partial charge in [-0.25, -0.2) is 0 Å². The molecule has 468 valence electrons. The minimum atomic E-state index is -0.182. The lowest BCUT2D eigenvalue weighted by atomic mass is 9.88. The molecule has 18 heteroatoms. The van der Waals surface area contributed by atoms with Crippen molar-refractivity contribution in [3.8, 4) is 0 Å². The summed E-state index contributed by atoms with van der Waals surface area (Å²) in [6.07, 6.45) is 0.631. The average molecular weight is 1070 g/mol. The standard InChI is InChI=1S/C15H35N3O3.2C12H29N3O3.15CH4/c1-5-15(9-19-6-12(2)16,10-20-7-13(3)17)11-21-8-14(4)18;2*1-9(13)4-16-7-12(18-6-11(3)15)8-17-5-10(2)14;;;;;;;;;;;;;;;/h12-14H,5-11,16-18H2,1-4H3;2*9-12H,4-8,13-15H2,1-3H3;15*1H4. The van der Waals surface area contributed by atoms with Crippen molar-refractivity contribution in [2.75, 3.05) is 106 Å². The molecule has 9 atom stereocenters. The fraction of sp³-hybridized carbons (Fsp3) is 1.00. The molecule has 0 rings (SSSR count). The Morgan fingerprint density at radius 2 is 0.403 bits per heavy atom. The van der Waals surface area contributed by atoms with Crippen molar-refractivity contribution in [2.45, 2.75) is 254 Å². The predicted octanol–water partition coefficient (Wildman–Crippen LogP) is 8.91. The van der Waals surface area contributed by atoms with Gasteiger partial charge < -0.3 is 94.2 Å². The maximum atomic E-state index is 5.72. The molecule has 0 aromatic carbocycles. The minimum absolute atomic E-state index is 0. The molecule has 0 bridgehead atoms. The van der Waals surface area contributed by atoms with Gasteiger partial charge in [0.05, 0.1) is 106 Å². The van der Waals surface area contributed by atoms with E-state index in [1.807, 2.05) is 62.3 Å². The van der Waals surface area contributed by atoms with Crippen molar-refractivity contribution in [2.24, 2.45) is 57.0 Å². The van der Waals surface area contributed by atoms with Gasteiger partial charge in [0.15, 0.2) is 0 Å². The molecule has 0 heterocycles. The van der Waals surface area contributed by atoms with Crippen molar-refractivity contribution in [3.63, 3.8) is 0 Å². The van der Waals surface area contributed by atoms with Crippen molar-refractivity contribution in [1.82, 2.24) is 0 Å². The zero-order valence-corrected chi connectivity index (χ0v) is 37.7. The van der Waals surface area contributed by atoms with E-state index < -0.39 is 0 Å². The molecule has 0 aliphatic carbocycles. The maximum absolute atomic E-state index is 5.72. The number of hydrogen-bond donors (Lipinski definition) is 9. The Morgan fingerprint density at radius 1 is 0.250 bits per heavy atom. The largest absolute Gasteiger partial charge is 0.379 e. The third kappa shape index (κ3) is 98.4. The molecular weight excluding hydrogens is 919 g/mol. The number of rotatable bonds is 35. The second-order valence-electron chi connectivity index (χ2n) is 16.3. The van der Waals surface area contributed by atoms with Crippen molar-refractivity contribution >= 4 is 0 Å². The van der Waals surface area contributed by atoms with E-state index in [9.17, 15) is 0 Å². The molecule has 0 amide bonds. The van der Waals surface area contributed by atoms with Crippen LogP contribution in [-0.2, 0) is 42.6 Å². The van der Waals surface area contributed by atoms with Gasteiger partial charge in [-0.05, 0) is 68.7 Å². The first-order chi connectivity index (χ1) is 26.6. The van der Waals surface area contributed by atoms with E-state index in [-0.39, 0.29) is 183 Å². The molecule has 0 radical (unpaired) electrons. The van der Waals surface area contributed by atoms with Gasteiger partial charge in [0.1, 0.15) is 12.2 Å². The molecule has 18 N–H and O–H groups in total. The first kappa shape index (κ1) is 124. The Labute approximate surface area is 457 Å². The highest BCUT2D eigenvalue weighted by Crippen LogP contribution is 2.24. The lowest BCUT2D eigenvalue weighted by Crippen LogP contribution is -2.40. The molecular formula is C54H153N9O9. The van der Waals surface area contributed by atoms with Gasteiger partial charge in [0.2, 0.25) is 0 Å². The van der Waals surface area contributed by atoms with Crippen LogP contribution in [0.1, 0.15) is 187 Å². The summed E-state index contributed by atoms with van der Waals surface area (Å²) in [5.74, 6) is 0.